The minimum absolute atomic E-state index is 0.0766. The zero-order valence-corrected chi connectivity index (χ0v) is 11.8. The Morgan fingerprint density at radius 1 is 1.24 bits per heavy atom. The van der Waals surface area contributed by atoms with E-state index in [-0.39, 0.29) is 19.1 Å². The Morgan fingerprint density at radius 2 is 2.00 bits per heavy atom. The van der Waals surface area contributed by atoms with Gasteiger partial charge in [-0.2, -0.15) is 5.10 Å². The number of rotatable bonds is 6. The highest BCUT2D eigenvalue weighted by atomic mass is 16.5. The molecule has 21 heavy (non-hydrogen) atoms. The maximum Gasteiger partial charge on any atom is 0.325 e. The van der Waals surface area contributed by atoms with Crippen molar-refractivity contribution in [2.24, 2.45) is 0 Å². The topological polar surface area (TPSA) is 64.4 Å². The first-order valence-corrected chi connectivity index (χ1v) is 6.60. The van der Waals surface area contributed by atoms with Crippen molar-refractivity contribution in [2.45, 2.75) is 6.54 Å². The first-order valence-electron chi connectivity index (χ1n) is 6.60. The fraction of sp³-hybridized carbons (Fsp3) is 0.267. The molecule has 0 N–H and O–H groups in total. The molecule has 0 aliphatic carbocycles. The third kappa shape index (κ3) is 4.45. The highest BCUT2D eigenvalue weighted by molar-refractivity contribution is 5.95. The van der Waals surface area contributed by atoms with E-state index in [1.165, 1.54) is 4.90 Å². The quantitative estimate of drug-likeness (QED) is 0.749. The maximum atomic E-state index is 12.0. The largest absolute Gasteiger partial charge is 0.462 e. The SMILES string of the molecule is CN(CC(=O)OCCn1cccn1)C(=O)c1ccccc1. The summed E-state index contributed by atoms with van der Waals surface area (Å²) in [6.07, 6.45) is 3.45. The molecule has 0 saturated heterocycles. The van der Waals surface area contributed by atoms with Crippen molar-refractivity contribution >= 4 is 11.9 Å². The fourth-order valence-corrected chi connectivity index (χ4v) is 1.80. The van der Waals surface area contributed by atoms with E-state index in [4.69, 9.17) is 4.74 Å². The zero-order valence-electron chi connectivity index (χ0n) is 11.8. The van der Waals surface area contributed by atoms with Crippen molar-refractivity contribution in [3.8, 4) is 0 Å². The molecule has 1 aromatic carbocycles. The number of hydrogen-bond donors (Lipinski definition) is 0. The summed E-state index contributed by atoms with van der Waals surface area (Å²) < 4.78 is 6.75. The van der Waals surface area contributed by atoms with Gasteiger partial charge in [0.2, 0.25) is 0 Å². The highest BCUT2D eigenvalue weighted by Crippen LogP contribution is 2.03. The Labute approximate surface area is 122 Å². The summed E-state index contributed by atoms with van der Waals surface area (Å²) in [7, 11) is 1.57. The molecule has 6 nitrogen and oxygen atoms in total. The molecule has 6 heteroatoms. The van der Waals surface area contributed by atoms with Crippen LogP contribution in [0.25, 0.3) is 0 Å². The maximum absolute atomic E-state index is 12.0. The van der Waals surface area contributed by atoms with Crippen LogP contribution in [0.15, 0.2) is 48.8 Å². The number of hydrogen-bond acceptors (Lipinski definition) is 4. The summed E-state index contributed by atoms with van der Waals surface area (Å²) in [5.74, 6) is -0.645. The number of carbonyl (C=O) groups excluding carboxylic acids is 2. The number of carbonyl (C=O) groups is 2. The van der Waals surface area contributed by atoms with Gasteiger partial charge in [0, 0.05) is 25.0 Å². The lowest BCUT2D eigenvalue weighted by atomic mass is 10.2. The van der Waals surface area contributed by atoms with E-state index in [1.54, 1.807) is 54.5 Å². The smallest absolute Gasteiger partial charge is 0.325 e. The molecule has 0 bridgehead atoms. The highest BCUT2D eigenvalue weighted by Gasteiger charge is 2.15. The molecule has 0 radical (unpaired) electrons. The molecule has 0 unspecified atom stereocenters. The predicted octanol–water partition coefficient (Wildman–Crippen LogP) is 1.20. The number of ether oxygens (including phenoxy) is 1. The van der Waals surface area contributed by atoms with E-state index in [0.717, 1.165) is 0 Å². The number of likely N-dealkylation sites (N-methyl/N-ethyl adjacent to an activating group) is 1. The van der Waals surface area contributed by atoms with Crippen LogP contribution in [0.3, 0.4) is 0 Å². The van der Waals surface area contributed by atoms with E-state index in [2.05, 4.69) is 5.10 Å². The molecule has 110 valence electrons. The van der Waals surface area contributed by atoms with Crippen LogP contribution in [-0.4, -0.2) is 46.8 Å². The monoisotopic (exact) mass is 287 g/mol. The van der Waals surface area contributed by atoms with Gasteiger partial charge in [-0.05, 0) is 18.2 Å². The Balaban J connectivity index is 1.75. The first kappa shape index (κ1) is 14.8. The standard InChI is InChI=1S/C15H17N3O3/c1-17(15(20)13-6-3-2-4-7-13)12-14(19)21-11-10-18-9-5-8-16-18/h2-9H,10-12H2,1H3. The third-order valence-electron chi connectivity index (χ3n) is 2.88. The Bertz CT molecular complexity index is 581. The van der Waals surface area contributed by atoms with Gasteiger partial charge in [-0.15, -0.1) is 0 Å². The van der Waals surface area contributed by atoms with Crippen molar-refractivity contribution in [1.82, 2.24) is 14.7 Å². The molecule has 0 spiro atoms. The first-order chi connectivity index (χ1) is 10.2. The molecule has 0 fully saturated rings. The fourth-order valence-electron chi connectivity index (χ4n) is 1.80. The summed E-state index contributed by atoms with van der Waals surface area (Å²) in [5, 5.41) is 4.00. The molecular weight excluding hydrogens is 270 g/mol. The molecule has 0 saturated carbocycles. The van der Waals surface area contributed by atoms with E-state index in [9.17, 15) is 9.59 Å². The van der Waals surface area contributed by atoms with Gasteiger partial charge in [-0.3, -0.25) is 14.3 Å². The van der Waals surface area contributed by atoms with Crippen LogP contribution >= 0.6 is 0 Å². The summed E-state index contributed by atoms with van der Waals surface area (Å²) in [6.45, 7) is 0.649. The summed E-state index contributed by atoms with van der Waals surface area (Å²) in [6, 6.07) is 10.6. The van der Waals surface area contributed by atoms with Crippen molar-refractivity contribution in [2.75, 3.05) is 20.2 Å². The molecule has 2 rings (SSSR count). The number of esters is 1. The lowest BCUT2D eigenvalue weighted by Crippen LogP contribution is -2.33. The third-order valence-corrected chi connectivity index (χ3v) is 2.88. The van der Waals surface area contributed by atoms with E-state index >= 15 is 0 Å². The van der Waals surface area contributed by atoms with Crippen LogP contribution in [0, 0.1) is 0 Å². The second kappa shape index (κ2) is 7.23. The van der Waals surface area contributed by atoms with Crippen molar-refractivity contribution in [3.05, 3.63) is 54.4 Å². The lowest BCUT2D eigenvalue weighted by Gasteiger charge is -2.16. The number of aromatic nitrogens is 2. The lowest BCUT2D eigenvalue weighted by molar-refractivity contribution is -0.144. The minimum Gasteiger partial charge on any atom is -0.462 e. The summed E-state index contributed by atoms with van der Waals surface area (Å²) >= 11 is 0. The number of amides is 1. The average Bonchev–Trinajstić information content (AvgIpc) is 3.00. The van der Waals surface area contributed by atoms with E-state index in [1.807, 2.05) is 6.07 Å². The predicted molar refractivity (Wildman–Crippen MR) is 76.6 cm³/mol. The second-order valence-electron chi connectivity index (χ2n) is 4.52. The van der Waals surface area contributed by atoms with Crippen molar-refractivity contribution in [1.29, 1.82) is 0 Å². The minimum atomic E-state index is -0.436. The summed E-state index contributed by atoms with van der Waals surface area (Å²) in [4.78, 5) is 25.1. The van der Waals surface area contributed by atoms with Gasteiger partial charge >= 0.3 is 5.97 Å². The Hall–Kier alpha value is -2.63. The molecule has 2 aromatic rings. The Morgan fingerprint density at radius 3 is 2.67 bits per heavy atom. The molecule has 1 amide bonds. The molecule has 0 aliphatic rings. The number of nitrogens with zero attached hydrogens (tertiary/aromatic N) is 3. The van der Waals surface area contributed by atoms with Crippen molar-refractivity contribution in [3.63, 3.8) is 0 Å². The van der Waals surface area contributed by atoms with Gasteiger partial charge in [-0.1, -0.05) is 18.2 Å². The van der Waals surface area contributed by atoms with E-state index < -0.39 is 5.97 Å². The van der Waals surface area contributed by atoms with Crippen LogP contribution in [0.5, 0.6) is 0 Å². The normalized spacial score (nSPS) is 10.1. The molecule has 1 heterocycles. The van der Waals surface area contributed by atoms with Crippen LogP contribution in [0.2, 0.25) is 0 Å². The average molecular weight is 287 g/mol. The van der Waals surface area contributed by atoms with Gasteiger partial charge < -0.3 is 9.64 Å². The van der Waals surface area contributed by atoms with Gasteiger partial charge in [0.05, 0.1) is 6.54 Å². The van der Waals surface area contributed by atoms with Crippen LogP contribution < -0.4 is 0 Å². The van der Waals surface area contributed by atoms with Crippen LogP contribution in [-0.2, 0) is 16.1 Å². The molecule has 0 aliphatic heterocycles. The van der Waals surface area contributed by atoms with Gasteiger partial charge in [0.15, 0.2) is 0 Å². The summed E-state index contributed by atoms with van der Waals surface area (Å²) in [5.41, 5.74) is 0.546. The van der Waals surface area contributed by atoms with Gasteiger partial charge in [0.25, 0.3) is 5.91 Å². The Kier molecular flexibility index (Phi) is 5.09. The second-order valence-corrected chi connectivity index (χ2v) is 4.52. The zero-order chi connectivity index (χ0) is 15.1. The number of benzene rings is 1. The van der Waals surface area contributed by atoms with E-state index in [0.29, 0.717) is 12.1 Å². The van der Waals surface area contributed by atoms with Crippen molar-refractivity contribution < 1.29 is 14.3 Å². The molecular formula is C15H17N3O3. The van der Waals surface area contributed by atoms with Gasteiger partial charge in [0.1, 0.15) is 13.2 Å². The van der Waals surface area contributed by atoms with Gasteiger partial charge in [-0.25, -0.2) is 0 Å². The van der Waals surface area contributed by atoms with Crippen LogP contribution in [0.1, 0.15) is 10.4 Å². The molecule has 0 atom stereocenters. The molecule has 1 aromatic heterocycles. The van der Waals surface area contributed by atoms with Crippen LogP contribution in [0.4, 0.5) is 0 Å².